The molecule has 25 heavy (non-hydrogen) atoms. The summed E-state index contributed by atoms with van der Waals surface area (Å²) in [6.07, 6.45) is 1.82. The number of nitrogens with zero attached hydrogens (tertiary/aromatic N) is 1. The molecule has 7 heteroatoms. The molecule has 0 aliphatic carbocycles. The summed E-state index contributed by atoms with van der Waals surface area (Å²) in [5, 5.41) is 3.93. The van der Waals surface area contributed by atoms with E-state index >= 15 is 0 Å². The highest BCUT2D eigenvalue weighted by molar-refractivity contribution is 9.10. The lowest BCUT2D eigenvalue weighted by molar-refractivity contribution is -0.115. The smallest absolute Gasteiger partial charge is 0.264 e. The van der Waals surface area contributed by atoms with Crippen molar-refractivity contribution in [3.63, 3.8) is 0 Å². The zero-order chi connectivity index (χ0) is 18.0. The van der Waals surface area contributed by atoms with E-state index in [4.69, 9.17) is 16.3 Å². The van der Waals surface area contributed by atoms with Gasteiger partial charge in [0.25, 0.3) is 5.91 Å². The summed E-state index contributed by atoms with van der Waals surface area (Å²) in [4.78, 5) is 17.3. The molecule has 1 fully saturated rings. The van der Waals surface area contributed by atoms with E-state index in [9.17, 15) is 4.79 Å². The number of benzene rings is 2. The SMILES string of the molecule is COc1ccc(/C=C2\SC(=Nc3cc(Cl)ccc3C)NC2=O)cc1Br. The Hall–Kier alpha value is -1.76. The van der Waals surface area contributed by atoms with Gasteiger partial charge in [0.05, 0.1) is 22.2 Å². The molecule has 128 valence electrons. The summed E-state index contributed by atoms with van der Waals surface area (Å²) in [6, 6.07) is 11.1. The molecule has 0 unspecified atom stereocenters. The van der Waals surface area contributed by atoms with E-state index in [0.29, 0.717) is 15.1 Å². The normalized spacial score (nSPS) is 17.2. The Kier molecular flexibility index (Phi) is 5.51. The molecular formula is C18H14BrClN2O2S. The standard InChI is InChI=1S/C18H14BrClN2O2S/c1-10-3-5-12(20)9-14(10)21-18-22-17(23)16(25-18)8-11-4-6-15(24-2)13(19)7-11/h3-9H,1-2H3,(H,21,22,23)/b16-8-. The van der Waals surface area contributed by atoms with Crippen molar-refractivity contribution in [2.24, 2.45) is 4.99 Å². The minimum Gasteiger partial charge on any atom is -0.496 e. The van der Waals surface area contributed by atoms with Crippen LogP contribution in [0, 0.1) is 6.92 Å². The van der Waals surface area contributed by atoms with Crippen LogP contribution in [0.15, 0.2) is 50.8 Å². The Bertz CT molecular complexity index is 912. The lowest BCUT2D eigenvalue weighted by Gasteiger charge is -2.03. The molecule has 1 aliphatic heterocycles. The lowest BCUT2D eigenvalue weighted by atomic mass is 10.2. The minimum atomic E-state index is -0.171. The fourth-order valence-electron chi connectivity index (χ4n) is 2.22. The molecule has 0 aromatic heterocycles. The summed E-state index contributed by atoms with van der Waals surface area (Å²) >= 11 is 10.8. The minimum absolute atomic E-state index is 0.171. The second-order valence-corrected chi connectivity index (χ2v) is 7.63. The van der Waals surface area contributed by atoms with Gasteiger partial charge < -0.3 is 10.1 Å². The quantitative estimate of drug-likeness (QED) is 0.662. The number of halogens is 2. The number of amidine groups is 1. The van der Waals surface area contributed by atoms with Gasteiger partial charge in [0.1, 0.15) is 5.75 Å². The van der Waals surface area contributed by atoms with E-state index in [0.717, 1.165) is 27.0 Å². The van der Waals surface area contributed by atoms with Crippen molar-refractivity contribution in [1.29, 1.82) is 0 Å². The second-order valence-electron chi connectivity index (χ2n) is 5.31. The fraction of sp³-hybridized carbons (Fsp3) is 0.111. The van der Waals surface area contributed by atoms with Crippen LogP contribution in [0.2, 0.25) is 5.02 Å². The number of aliphatic imine (C=N–C) groups is 1. The zero-order valence-corrected chi connectivity index (χ0v) is 16.6. The van der Waals surface area contributed by atoms with Crippen LogP contribution < -0.4 is 10.1 Å². The predicted molar refractivity (Wildman–Crippen MR) is 108 cm³/mol. The number of methoxy groups -OCH3 is 1. The van der Waals surface area contributed by atoms with Crippen molar-refractivity contribution in [3.8, 4) is 5.75 Å². The summed E-state index contributed by atoms with van der Waals surface area (Å²) in [5.41, 5.74) is 2.62. The number of rotatable bonds is 3. The van der Waals surface area contributed by atoms with Gasteiger partial charge in [-0.25, -0.2) is 4.99 Å². The zero-order valence-electron chi connectivity index (χ0n) is 13.5. The first-order chi connectivity index (χ1) is 12.0. The molecular weight excluding hydrogens is 424 g/mol. The van der Waals surface area contributed by atoms with Crippen molar-refractivity contribution >= 4 is 62.1 Å². The van der Waals surface area contributed by atoms with E-state index in [1.165, 1.54) is 11.8 Å². The molecule has 0 atom stereocenters. The van der Waals surface area contributed by atoms with Crippen molar-refractivity contribution < 1.29 is 9.53 Å². The first-order valence-electron chi connectivity index (χ1n) is 7.35. The maximum atomic E-state index is 12.2. The van der Waals surface area contributed by atoms with Crippen LogP contribution in [0.4, 0.5) is 5.69 Å². The van der Waals surface area contributed by atoms with Gasteiger partial charge in [-0.2, -0.15) is 0 Å². The molecule has 3 rings (SSSR count). The molecule has 1 amide bonds. The van der Waals surface area contributed by atoms with Crippen molar-refractivity contribution in [2.75, 3.05) is 7.11 Å². The third kappa shape index (κ3) is 4.26. The highest BCUT2D eigenvalue weighted by Gasteiger charge is 2.24. The average Bonchev–Trinajstić information content (AvgIpc) is 2.90. The summed E-state index contributed by atoms with van der Waals surface area (Å²) in [7, 11) is 1.61. The number of amides is 1. The third-order valence-corrected chi connectivity index (χ3v) is 5.28. The van der Waals surface area contributed by atoms with Gasteiger partial charge in [0.2, 0.25) is 0 Å². The number of ether oxygens (including phenoxy) is 1. The lowest BCUT2D eigenvalue weighted by Crippen LogP contribution is -2.19. The Labute approximate surface area is 163 Å². The number of thioether (sulfide) groups is 1. The second kappa shape index (κ2) is 7.64. The largest absolute Gasteiger partial charge is 0.496 e. The maximum Gasteiger partial charge on any atom is 0.264 e. The van der Waals surface area contributed by atoms with Crippen LogP contribution in [0.5, 0.6) is 5.75 Å². The van der Waals surface area contributed by atoms with Gasteiger partial charge >= 0.3 is 0 Å². The Balaban J connectivity index is 1.86. The number of carbonyl (C=O) groups excluding carboxylic acids is 1. The Morgan fingerprint density at radius 2 is 2.08 bits per heavy atom. The maximum absolute atomic E-state index is 12.2. The van der Waals surface area contributed by atoms with Crippen LogP contribution in [-0.4, -0.2) is 18.2 Å². The topological polar surface area (TPSA) is 50.7 Å². The molecule has 1 aliphatic rings. The average molecular weight is 438 g/mol. The molecule has 0 radical (unpaired) electrons. The number of hydrogen-bond acceptors (Lipinski definition) is 4. The van der Waals surface area contributed by atoms with Crippen molar-refractivity contribution in [1.82, 2.24) is 5.32 Å². The number of nitrogens with one attached hydrogen (secondary N) is 1. The molecule has 4 nitrogen and oxygen atoms in total. The monoisotopic (exact) mass is 436 g/mol. The number of carbonyl (C=O) groups is 1. The first-order valence-corrected chi connectivity index (χ1v) is 9.34. The predicted octanol–water partition coefficient (Wildman–Crippen LogP) is 5.31. The van der Waals surface area contributed by atoms with E-state index in [1.807, 2.05) is 43.3 Å². The van der Waals surface area contributed by atoms with E-state index in [-0.39, 0.29) is 5.91 Å². The molecule has 0 bridgehead atoms. The van der Waals surface area contributed by atoms with Crippen LogP contribution in [0.3, 0.4) is 0 Å². The molecule has 2 aromatic carbocycles. The molecule has 2 aromatic rings. The number of aryl methyl sites for hydroxylation is 1. The van der Waals surface area contributed by atoms with Crippen molar-refractivity contribution in [3.05, 3.63) is 61.9 Å². The fourth-order valence-corrected chi connectivity index (χ4v) is 3.78. The van der Waals surface area contributed by atoms with Crippen LogP contribution in [0.1, 0.15) is 11.1 Å². The van der Waals surface area contributed by atoms with Gasteiger partial charge in [0.15, 0.2) is 5.17 Å². The van der Waals surface area contributed by atoms with Crippen molar-refractivity contribution in [2.45, 2.75) is 6.92 Å². The summed E-state index contributed by atoms with van der Waals surface area (Å²) in [6.45, 7) is 1.95. The molecule has 1 saturated heterocycles. The van der Waals surface area contributed by atoms with Crippen LogP contribution in [0.25, 0.3) is 6.08 Å². The van der Waals surface area contributed by atoms with E-state index in [1.54, 1.807) is 13.2 Å². The van der Waals surface area contributed by atoms with E-state index < -0.39 is 0 Å². The highest BCUT2D eigenvalue weighted by atomic mass is 79.9. The summed E-state index contributed by atoms with van der Waals surface area (Å²) < 4.78 is 6.04. The van der Waals surface area contributed by atoms with Gasteiger partial charge in [-0.05, 0) is 76.1 Å². The van der Waals surface area contributed by atoms with Gasteiger partial charge in [0, 0.05) is 5.02 Å². The molecule has 1 heterocycles. The third-order valence-electron chi connectivity index (χ3n) is 3.52. The number of hydrogen-bond donors (Lipinski definition) is 1. The first kappa shape index (κ1) is 18.0. The molecule has 1 N–H and O–H groups in total. The Morgan fingerprint density at radius 1 is 1.28 bits per heavy atom. The molecule has 0 saturated carbocycles. The van der Waals surface area contributed by atoms with Gasteiger partial charge in [-0.1, -0.05) is 23.7 Å². The van der Waals surface area contributed by atoms with E-state index in [2.05, 4.69) is 26.2 Å². The van der Waals surface area contributed by atoms with Gasteiger partial charge in [-0.15, -0.1) is 0 Å². The van der Waals surface area contributed by atoms with Crippen LogP contribution in [-0.2, 0) is 4.79 Å². The molecule has 0 spiro atoms. The Morgan fingerprint density at radius 3 is 2.80 bits per heavy atom. The van der Waals surface area contributed by atoms with Gasteiger partial charge in [-0.3, -0.25) is 4.79 Å². The highest BCUT2D eigenvalue weighted by Crippen LogP contribution is 2.32. The summed E-state index contributed by atoms with van der Waals surface area (Å²) in [5.74, 6) is 0.569. The van der Waals surface area contributed by atoms with Crippen LogP contribution >= 0.6 is 39.3 Å².